The van der Waals surface area contributed by atoms with Gasteiger partial charge in [0, 0.05) is 30.9 Å². The van der Waals surface area contributed by atoms with Gasteiger partial charge in [0.25, 0.3) is 0 Å². The molecule has 0 bridgehead atoms. The SMILES string of the molecule is COCc1cccc(Nc2nccn2-c2ccccc2)c1. The van der Waals surface area contributed by atoms with Crippen molar-refractivity contribution in [3.05, 3.63) is 72.6 Å². The highest BCUT2D eigenvalue weighted by molar-refractivity contribution is 5.56. The fraction of sp³-hybridized carbons (Fsp3) is 0.118. The number of ether oxygens (including phenoxy) is 1. The Morgan fingerprint density at radius 1 is 1.10 bits per heavy atom. The van der Waals surface area contributed by atoms with Crippen LogP contribution in [0.5, 0.6) is 0 Å². The van der Waals surface area contributed by atoms with Crippen molar-refractivity contribution in [2.45, 2.75) is 6.61 Å². The maximum atomic E-state index is 5.16. The van der Waals surface area contributed by atoms with E-state index < -0.39 is 0 Å². The monoisotopic (exact) mass is 279 g/mol. The molecule has 0 atom stereocenters. The van der Waals surface area contributed by atoms with Crippen LogP contribution in [-0.4, -0.2) is 16.7 Å². The fourth-order valence-corrected chi connectivity index (χ4v) is 2.23. The Bertz CT molecular complexity index is 707. The van der Waals surface area contributed by atoms with E-state index in [1.165, 1.54) is 0 Å². The molecule has 0 aliphatic rings. The fourth-order valence-electron chi connectivity index (χ4n) is 2.23. The molecular formula is C17H17N3O. The van der Waals surface area contributed by atoms with Gasteiger partial charge in [0.15, 0.2) is 0 Å². The number of nitrogens with zero attached hydrogens (tertiary/aromatic N) is 2. The number of nitrogens with one attached hydrogen (secondary N) is 1. The number of methoxy groups -OCH3 is 1. The summed E-state index contributed by atoms with van der Waals surface area (Å²) in [6.45, 7) is 0.600. The Labute approximate surface area is 124 Å². The number of hydrogen-bond acceptors (Lipinski definition) is 3. The average Bonchev–Trinajstić information content (AvgIpc) is 2.97. The number of anilines is 2. The first-order valence-electron chi connectivity index (χ1n) is 6.80. The molecule has 0 radical (unpaired) electrons. The number of aromatic nitrogens is 2. The normalized spacial score (nSPS) is 10.5. The summed E-state index contributed by atoms with van der Waals surface area (Å²) >= 11 is 0. The van der Waals surface area contributed by atoms with Crippen LogP contribution in [-0.2, 0) is 11.3 Å². The Hall–Kier alpha value is -2.59. The number of para-hydroxylation sites is 1. The number of benzene rings is 2. The van der Waals surface area contributed by atoms with Crippen molar-refractivity contribution in [2.75, 3.05) is 12.4 Å². The molecule has 4 nitrogen and oxygen atoms in total. The molecule has 0 amide bonds. The van der Waals surface area contributed by atoms with E-state index in [0.717, 1.165) is 22.9 Å². The summed E-state index contributed by atoms with van der Waals surface area (Å²) in [6.07, 6.45) is 3.73. The molecule has 0 unspecified atom stereocenters. The van der Waals surface area contributed by atoms with Crippen molar-refractivity contribution in [2.24, 2.45) is 0 Å². The van der Waals surface area contributed by atoms with E-state index in [2.05, 4.69) is 16.4 Å². The maximum Gasteiger partial charge on any atom is 0.212 e. The highest BCUT2D eigenvalue weighted by atomic mass is 16.5. The lowest BCUT2D eigenvalue weighted by atomic mass is 10.2. The minimum atomic E-state index is 0.600. The van der Waals surface area contributed by atoms with E-state index in [0.29, 0.717) is 6.61 Å². The van der Waals surface area contributed by atoms with Crippen LogP contribution < -0.4 is 5.32 Å². The summed E-state index contributed by atoms with van der Waals surface area (Å²) in [4.78, 5) is 4.38. The second-order valence-electron chi connectivity index (χ2n) is 4.71. The average molecular weight is 279 g/mol. The lowest BCUT2D eigenvalue weighted by molar-refractivity contribution is 0.185. The Morgan fingerprint density at radius 3 is 2.76 bits per heavy atom. The molecule has 2 aromatic carbocycles. The second kappa shape index (κ2) is 6.24. The van der Waals surface area contributed by atoms with Crippen molar-refractivity contribution < 1.29 is 4.74 Å². The third-order valence-electron chi connectivity index (χ3n) is 3.17. The second-order valence-corrected chi connectivity index (χ2v) is 4.71. The molecular weight excluding hydrogens is 262 g/mol. The first-order chi connectivity index (χ1) is 10.4. The van der Waals surface area contributed by atoms with Crippen molar-refractivity contribution >= 4 is 11.6 Å². The molecule has 106 valence electrons. The third kappa shape index (κ3) is 3.12. The molecule has 1 heterocycles. The highest BCUT2D eigenvalue weighted by Gasteiger charge is 2.05. The van der Waals surface area contributed by atoms with E-state index in [4.69, 9.17) is 4.74 Å². The largest absolute Gasteiger partial charge is 0.380 e. The van der Waals surface area contributed by atoms with E-state index >= 15 is 0 Å². The van der Waals surface area contributed by atoms with Crippen LogP contribution in [0, 0.1) is 0 Å². The van der Waals surface area contributed by atoms with E-state index in [9.17, 15) is 0 Å². The summed E-state index contributed by atoms with van der Waals surface area (Å²) in [5.41, 5.74) is 3.19. The lowest BCUT2D eigenvalue weighted by Crippen LogP contribution is -2.01. The molecule has 1 aromatic heterocycles. The van der Waals surface area contributed by atoms with Crippen LogP contribution in [0.4, 0.5) is 11.6 Å². The minimum Gasteiger partial charge on any atom is -0.380 e. The predicted molar refractivity (Wildman–Crippen MR) is 84.0 cm³/mol. The number of hydrogen-bond donors (Lipinski definition) is 1. The molecule has 0 saturated carbocycles. The quantitative estimate of drug-likeness (QED) is 0.773. The molecule has 4 heteroatoms. The van der Waals surface area contributed by atoms with Crippen LogP contribution in [0.25, 0.3) is 5.69 Å². The predicted octanol–water partition coefficient (Wildman–Crippen LogP) is 3.76. The zero-order chi connectivity index (χ0) is 14.5. The van der Waals surface area contributed by atoms with Gasteiger partial charge in [0.05, 0.1) is 6.61 Å². The maximum absolute atomic E-state index is 5.16. The number of imidazole rings is 1. The Morgan fingerprint density at radius 2 is 1.95 bits per heavy atom. The van der Waals surface area contributed by atoms with Crippen molar-refractivity contribution in [3.8, 4) is 5.69 Å². The third-order valence-corrected chi connectivity index (χ3v) is 3.17. The van der Waals surface area contributed by atoms with Crippen molar-refractivity contribution in [1.29, 1.82) is 0 Å². The van der Waals surface area contributed by atoms with Crippen molar-refractivity contribution in [3.63, 3.8) is 0 Å². The van der Waals surface area contributed by atoms with E-state index in [-0.39, 0.29) is 0 Å². The summed E-state index contributed by atoms with van der Waals surface area (Å²) in [7, 11) is 1.70. The van der Waals surface area contributed by atoms with Crippen LogP contribution in [0.2, 0.25) is 0 Å². The zero-order valence-electron chi connectivity index (χ0n) is 11.9. The van der Waals surface area contributed by atoms with Gasteiger partial charge >= 0.3 is 0 Å². The highest BCUT2D eigenvalue weighted by Crippen LogP contribution is 2.20. The zero-order valence-corrected chi connectivity index (χ0v) is 11.9. The van der Waals surface area contributed by atoms with E-state index in [1.807, 2.05) is 59.3 Å². The van der Waals surface area contributed by atoms with Gasteiger partial charge in [-0.3, -0.25) is 4.57 Å². The van der Waals surface area contributed by atoms with Gasteiger partial charge in [-0.15, -0.1) is 0 Å². The van der Waals surface area contributed by atoms with Gasteiger partial charge in [-0.25, -0.2) is 4.98 Å². The summed E-state index contributed by atoms with van der Waals surface area (Å²) in [5.74, 6) is 0.788. The topological polar surface area (TPSA) is 39.1 Å². The molecule has 3 aromatic rings. The summed E-state index contributed by atoms with van der Waals surface area (Å²) in [5, 5.41) is 3.35. The van der Waals surface area contributed by atoms with Gasteiger partial charge in [0.1, 0.15) is 0 Å². The first kappa shape index (κ1) is 13.4. The van der Waals surface area contributed by atoms with E-state index in [1.54, 1.807) is 13.3 Å². The molecule has 21 heavy (non-hydrogen) atoms. The van der Waals surface area contributed by atoms with Crippen LogP contribution in [0.1, 0.15) is 5.56 Å². The van der Waals surface area contributed by atoms with Gasteiger partial charge in [-0.1, -0.05) is 30.3 Å². The minimum absolute atomic E-state index is 0.600. The van der Waals surface area contributed by atoms with Crippen LogP contribution >= 0.6 is 0 Å². The smallest absolute Gasteiger partial charge is 0.212 e. The molecule has 0 spiro atoms. The summed E-state index contributed by atoms with van der Waals surface area (Å²) < 4.78 is 7.18. The lowest BCUT2D eigenvalue weighted by Gasteiger charge is -2.10. The van der Waals surface area contributed by atoms with Gasteiger partial charge in [-0.2, -0.15) is 0 Å². The molecule has 3 rings (SSSR count). The van der Waals surface area contributed by atoms with Gasteiger partial charge in [-0.05, 0) is 29.8 Å². The van der Waals surface area contributed by atoms with Crippen molar-refractivity contribution in [1.82, 2.24) is 9.55 Å². The Balaban J connectivity index is 1.86. The summed E-state index contributed by atoms with van der Waals surface area (Å²) in [6, 6.07) is 18.3. The standard InChI is InChI=1S/C17H17N3O/c1-21-13-14-6-5-7-15(12-14)19-17-18-10-11-20(17)16-8-3-2-4-9-16/h2-12H,13H2,1H3,(H,18,19). The molecule has 0 aliphatic heterocycles. The van der Waals surface area contributed by atoms with Gasteiger partial charge in [0.2, 0.25) is 5.95 Å². The van der Waals surface area contributed by atoms with Gasteiger partial charge < -0.3 is 10.1 Å². The Kier molecular flexibility index (Phi) is 3.98. The van der Waals surface area contributed by atoms with Crippen LogP contribution in [0.3, 0.4) is 0 Å². The van der Waals surface area contributed by atoms with Crippen LogP contribution in [0.15, 0.2) is 67.0 Å². The first-order valence-corrected chi connectivity index (χ1v) is 6.80. The number of rotatable bonds is 5. The molecule has 0 saturated heterocycles. The molecule has 1 N–H and O–H groups in total. The molecule has 0 fully saturated rings. The molecule has 0 aliphatic carbocycles.